The fraction of sp³-hybridized carbons (Fsp3) is 0.467. The molecule has 2 rings (SSSR count). The Morgan fingerprint density at radius 3 is 2.06 bits per heavy atom. The Morgan fingerprint density at radius 2 is 1.65 bits per heavy atom. The van der Waals surface area contributed by atoms with Gasteiger partial charge in [0.25, 0.3) is 0 Å². The van der Waals surface area contributed by atoms with E-state index in [9.17, 15) is 0 Å². The van der Waals surface area contributed by atoms with Crippen LogP contribution in [0.5, 0.6) is 11.5 Å². The van der Waals surface area contributed by atoms with Gasteiger partial charge in [-0.3, -0.25) is 0 Å². The summed E-state index contributed by atoms with van der Waals surface area (Å²) >= 11 is 0. The third-order valence-corrected chi connectivity index (χ3v) is 3.57. The van der Waals surface area contributed by atoms with Crippen molar-refractivity contribution in [2.24, 2.45) is 0 Å². The lowest BCUT2D eigenvalue weighted by Gasteiger charge is -2.19. The topological polar surface area (TPSA) is 18.5 Å². The van der Waals surface area contributed by atoms with Crippen LogP contribution in [0, 0.1) is 0 Å². The van der Waals surface area contributed by atoms with Crippen LogP contribution < -0.4 is 9.47 Å². The van der Waals surface area contributed by atoms with E-state index in [1.165, 1.54) is 31.2 Å². The van der Waals surface area contributed by atoms with Gasteiger partial charge in [0.15, 0.2) is 0 Å². The van der Waals surface area contributed by atoms with Crippen LogP contribution in [0.4, 0.5) is 0 Å². The summed E-state index contributed by atoms with van der Waals surface area (Å²) in [5.41, 5.74) is 2.28. The fourth-order valence-corrected chi connectivity index (χ4v) is 2.69. The summed E-state index contributed by atoms with van der Waals surface area (Å²) in [6.45, 7) is 3.80. The Balaban J connectivity index is 2.49. The van der Waals surface area contributed by atoms with Crippen LogP contribution in [0.25, 0.3) is 6.08 Å². The van der Waals surface area contributed by atoms with E-state index in [2.05, 4.69) is 6.58 Å². The number of hydrogen-bond donors (Lipinski definition) is 0. The molecule has 92 valence electrons. The molecule has 2 nitrogen and oxygen atoms in total. The molecular weight excluding hydrogens is 212 g/mol. The van der Waals surface area contributed by atoms with Crippen molar-refractivity contribution in [1.82, 2.24) is 0 Å². The molecule has 0 radical (unpaired) electrons. The first-order valence-electron chi connectivity index (χ1n) is 6.18. The highest BCUT2D eigenvalue weighted by Crippen LogP contribution is 2.44. The molecule has 0 unspecified atom stereocenters. The van der Waals surface area contributed by atoms with Crippen LogP contribution in [-0.4, -0.2) is 14.2 Å². The highest BCUT2D eigenvalue weighted by molar-refractivity contribution is 5.59. The number of hydrogen-bond acceptors (Lipinski definition) is 2. The maximum Gasteiger partial charge on any atom is 0.126 e. The van der Waals surface area contributed by atoms with Gasteiger partial charge >= 0.3 is 0 Å². The molecule has 0 N–H and O–H groups in total. The minimum absolute atomic E-state index is 0.582. The molecule has 1 aromatic carbocycles. The normalized spacial score (nSPS) is 15.9. The molecule has 17 heavy (non-hydrogen) atoms. The summed E-state index contributed by atoms with van der Waals surface area (Å²) in [7, 11) is 3.44. The molecule has 0 heterocycles. The molecule has 0 saturated heterocycles. The van der Waals surface area contributed by atoms with Crippen LogP contribution >= 0.6 is 0 Å². The molecular formula is C15H20O2. The standard InChI is InChI=1S/C15H20O2/c1-4-11-9-13(16-2)15(14(10-11)17-3)12-7-5-6-8-12/h4,9-10,12H,1,5-8H2,2-3H3. The van der Waals surface area contributed by atoms with E-state index in [1.807, 2.05) is 18.2 Å². The van der Waals surface area contributed by atoms with Gasteiger partial charge in [-0.05, 0) is 36.5 Å². The number of rotatable bonds is 4. The van der Waals surface area contributed by atoms with E-state index in [1.54, 1.807) is 14.2 Å². The quantitative estimate of drug-likeness (QED) is 0.781. The molecule has 1 aliphatic carbocycles. The van der Waals surface area contributed by atoms with Crippen LogP contribution in [0.1, 0.15) is 42.7 Å². The Kier molecular flexibility index (Phi) is 3.72. The monoisotopic (exact) mass is 232 g/mol. The molecule has 1 fully saturated rings. The lowest BCUT2D eigenvalue weighted by molar-refractivity contribution is 0.378. The zero-order valence-corrected chi connectivity index (χ0v) is 10.7. The van der Waals surface area contributed by atoms with Crippen LogP contribution in [-0.2, 0) is 0 Å². The van der Waals surface area contributed by atoms with Crippen molar-refractivity contribution in [3.05, 3.63) is 29.8 Å². The van der Waals surface area contributed by atoms with E-state index in [-0.39, 0.29) is 0 Å². The van der Waals surface area contributed by atoms with Crippen LogP contribution in [0.3, 0.4) is 0 Å². The smallest absolute Gasteiger partial charge is 0.126 e. The van der Waals surface area contributed by atoms with Crippen LogP contribution in [0.15, 0.2) is 18.7 Å². The summed E-state index contributed by atoms with van der Waals surface area (Å²) in [5, 5.41) is 0. The van der Waals surface area contributed by atoms with E-state index in [4.69, 9.17) is 9.47 Å². The average molecular weight is 232 g/mol. The average Bonchev–Trinajstić information content (AvgIpc) is 2.90. The molecule has 2 heteroatoms. The zero-order valence-electron chi connectivity index (χ0n) is 10.7. The largest absolute Gasteiger partial charge is 0.496 e. The SMILES string of the molecule is C=Cc1cc(OC)c(C2CCCC2)c(OC)c1. The first kappa shape index (κ1) is 12.0. The molecule has 0 spiro atoms. The third kappa shape index (κ3) is 2.31. The minimum atomic E-state index is 0.582. The molecule has 0 bridgehead atoms. The second kappa shape index (κ2) is 5.26. The first-order valence-corrected chi connectivity index (χ1v) is 6.18. The van der Waals surface area contributed by atoms with Gasteiger partial charge in [0.05, 0.1) is 14.2 Å². The lowest BCUT2D eigenvalue weighted by Crippen LogP contribution is -2.01. The van der Waals surface area contributed by atoms with Crippen molar-refractivity contribution in [1.29, 1.82) is 0 Å². The fourth-order valence-electron chi connectivity index (χ4n) is 2.69. The third-order valence-electron chi connectivity index (χ3n) is 3.57. The Bertz CT molecular complexity index is 378. The van der Waals surface area contributed by atoms with Gasteiger partial charge in [-0.25, -0.2) is 0 Å². The van der Waals surface area contributed by atoms with Gasteiger partial charge in [-0.2, -0.15) is 0 Å². The van der Waals surface area contributed by atoms with Crippen LogP contribution in [0.2, 0.25) is 0 Å². The van der Waals surface area contributed by atoms with Crippen molar-refractivity contribution < 1.29 is 9.47 Å². The maximum absolute atomic E-state index is 5.51. The van der Waals surface area contributed by atoms with Gasteiger partial charge in [-0.1, -0.05) is 25.5 Å². The molecule has 0 atom stereocenters. The summed E-state index contributed by atoms with van der Waals surface area (Å²) in [6.07, 6.45) is 6.91. The lowest BCUT2D eigenvalue weighted by atomic mass is 9.94. The highest BCUT2D eigenvalue weighted by atomic mass is 16.5. The van der Waals surface area contributed by atoms with Crippen molar-refractivity contribution in [2.45, 2.75) is 31.6 Å². The Morgan fingerprint density at radius 1 is 1.12 bits per heavy atom. The van der Waals surface area contributed by atoms with Crippen molar-refractivity contribution >= 4 is 6.08 Å². The maximum atomic E-state index is 5.51. The minimum Gasteiger partial charge on any atom is -0.496 e. The molecule has 1 saturated carbocycles. The Hall–Kier alpha value is -1.44. The molecule has 0 aromatic heterocycles. The molecule has 0 amide bonds. The predicted octanol–water partition coefficient (Wildman–Crippen LogP) is 4.00. The first-order chi connectivity index (χ1) is 8.30. The number of methoxy groups -OCH3 is 2. The van der Waals surface area contributed by atoms with Crippen molar-refractivity contribution in [3.63, 3.8) is 0 Å². The second-order valence-corrected chi connectivity index (χ2v) is 4.52. The zero-order chi connectivity index (χ0) is 12.3. The number of ether oxygens (including phenoxy) is 2. The summed E-state index contributed by atoms with van der Waals surface area (Å²) < 4.78 is 11.0. The predicted molar refractivity (Wildman–Crippen MR) is 70.8 cm³/mol. The second-order valence-electron chi connectivity index (χ2n) is 4.52. The summed E-state index contributed by atoms with van der Waals surface area (Å²) in [6, 6.07) is 4.09. The van der Waals surface area contributed by atoms with Gasteiger partial charge in [0.2, 0.25) is 0 Å². The van der Waals surface area contributed by atoms with E-state index in [0.717, 1.165) is 17.1 Å². The van der Waals surface area contributed by atoms with E-state index < -0.39 is 0 Å². The number of benzene rings is 1. The summed E-state index contributed by atoms with van der Waals surface area (Å²) in [5.74, 6) is 2.45. The van der Waals surface area contributed by atoms with Gasteiger partial charge in [0.1, 0.15) is 11.5 Å². The van der Waals surface area contributed by atoms with Crippen molar-refractivity contribution in [2.75, 3.05) is 14.2 Å². The summed E-state index contributed by atoms with van der Waals surface area (Å²) in [4.78, 5) is 0. The van der Waals surface area contributed by atoms with E-state index in [0.29, 0.717) is 5.92 Å². The van der Waals surface area contributed by atoms with Crippen molar-refractivity contribution in [3.8, 4) is 11.5 Å². The molecule has 1 aliphatic rings. The van der Waals surface area contributed by atoms with E-state index >= 15 is 0 Å². The van der Waals surface area contributed by atoms with Gasteiger partial charge < -0.3 is 9.47 Å². The van der Waals surface area contributed by atoms with Gasteiger partial charge in [0, 0.05) is 5.56 Å². The molecule has 1 aromatic rings. The molecule has 0 aliphatic heterocycles. The van der Waals surface area contributed by atoms with Gasteiger partial charge in [-0.15, -0.1) is 0 Å². The highest BCUT2D eigenvalue weighted by Gasteiger charge is 2.24. The Labute approximate surface area is 103 Å².